The van der Waals surface area contributed by atoms with E-state index in [0.717, 1.165) is 5.56 Å². The lowest BCUT2D eigenvalue weighted by Gasteiger charge is -2.30. The van der Waals surface area contributed by atoms with Gasteiger partial charge in [-0.15, -0.1) is 0 Å². The number of nitrogens with one attached hydrogen (secondary N) is 1. The molecular weight excluding hydrogens is 296 g/mol. The summed E-state index contributed by atoms with van der Waals surface area (Å²) in [5.74, 6) is -0.486. The van der Waals surface area contributed by atoms with Gasteiger partial charge in [0.05, 0.1) is 7.11 Å². The maximum absolute atomic E-state index is 11.8. The van der Waals surface area contributed by atoms with E-state index in [2.05, 4.69) is 5.32 Å². The van der Waals surface area contributed by atoms with Crippen molar-refractivity contribution in [1.29, 1.82) is 0 Å². The van der Waals surface area contributed by atoms with Gasteiger partial charge in [0, 0.05) is 11.1 Å². The van der Waals surface area contributed by atoms with Crippen LogP contribution in [-0.2, 0) is 19.7 Å². The van der Waals surface area contributed by atoms with Gasteiger partial charge in [-0.1, -0.05) is 26.0 Å². The zero-order valence-corrected chi connectivity index (χ0v) is 14.6. The van der Waals surface area contributed by atoms with Crippen molar-refractivity contribution >= 4 is 17.7 Å². The molecule has 0 aliphatic rings. The van der Waals surface area contributed by atoms with E-state index < -0.39 is 29.1 Å². The third-order valence-corrected chi connectivity index (χ3v) is 3.48. The second kappa shape index (κ2) is 7.00. The Morgan fingerprint density at radius 1 is 1.17 bits per heavy atom. The SMILES string of the molecule is COC(=O)C(N)C(C)(C)c1cccc(NC(=O)OC(C)(C)C)c1. The fourth-order valence-electron chi connectivity index (χ4n) is 2.02. The van der Waals surface area contributed by atoms with Gasteiger partial charge >= 0.3 is 12.1 Å². The van der Waals surface area contributed by atoms with Crippen molar-refractivity contribution in [3.05, 3.63) is 29.8 Å². The first-order valence-electron chi connectivity index (χ1n) is 7.41. The highest BCUT2D eigenvalue weighted by molar-refractivity contribution is 5.85. The first-order valence-corrected chi connectivity index (χ1v) is 7.41. The van der Waals surface area contributed by atoms with E-state index in [-0.39, 0.29) is 0 Å². The number of carbonyl (C=O) groups is 2. The van der Waals surface area contributed by atoms with Gasteiger partial charge in [-0.05, 0) is 38.5 Å². The molecule has 0 saturated heterocycles. The first kappa shape index (κ1) is 19.0. The van der Waals surface area contributed by atoms with E-state index in [1.807, 2.05) is 19.9 Å². The fraction of sp³-hybridized carbons (Fsp3) is 0.529. The van der Waals surface area contributed by atoms with E-state index in [4.69, 9.17) is 15.2 Å². The van der Waals surface area contributed by atoms with Gasteiger partial charge in [-0.2, -0.15) is 0 Å². The van der Waals surface area contributed by atoms with Crippen LogP contribution in [0.3, 0.4) is 0 Å². The van der Waals surface area contributed by atoms with E-state index in [0.29, 0.717) is 5.69 Å². The van der Waals surface area contributed by atoms with E-state index >= 15 is 0 Å². The Hall–Kier alpha value is -2.08. The molecule has 0 heterocycles. The predicted octanol–water partition coefficient (Wildman–Crippen LogP) is 2.81. The molecule has 6 heteroatoms. The van der Waals surface area contributed by atoms with Gasteiger partial charge < -0.3 is 15.2 Å². The van der Waals surface area contributed by atoms with Gasteiger partial charge in [-0.25, -0.2) is 4.79 Å². The quantitative estimate of drug-likeness (QED) is 0.832. The number of rotatable bonds is 4. The average molecular weight is 322 g/mol. The Labute approximate surface area is 137 Å². The first-order chi connectivity index (χ1) is 10.5. The molecule has 1 rings (SSSR count). The Morgan fingerprint density at radius 2 is 1.78 bits per heavy atom. The zero-order valence-electron chi connectivity index (χ0n) is 14.6. The largest absolute Gasteiger partial charge is 0.468 e. The van der Waals surface area contributed by atoms with Crippen LogP contribution in [-0.4, -0.2) is 30.8 Å². The maximum Gasteiger partial charge on any atom is 0.412 e. The summed E-state index contributed by atoms with van der Waals surface area (Å²) in [6.45, 7) is 9.08. The molecule has 0 aromatic heterocycles. The van der Waals surface area contributed by atoms with Crippen LogP contribution < -0.4 is 11.1 Å². The van der Waals surface area contributed by atoms with E-state index in [9.17, 15) is 9.59 Å². The monoisotopic (exact) mass is 322 g/mol. The minimum Gasteiger partial charge on any atom is -0.468 e. The lowest BCUT2D eigenvalue weighted by atomic mass is 9.78. The smallest absolute Gasteiger partial charge is 0.412 e. The molecule has 0 bridgehead atoms. The normalized spacial score (nSPS) is 13.2. The van der Waals surface area contributed by atoms with Crippen LogP contribution in [0, 0.1) is 0 Å². The molecule has 3 N–H and O–H groups in total. The van der Waals surface area contributed by atoms with Gasteiger partial charge in [0.1, 0.15) is 11.6 Å². The predicted molar refractivity (Wildman–Crippen MR) is 89.3 cm³/mol. The number of hydrogen-bond donors (Lipinski definition) is 2. The van der Waals surface area contributed by atoms with Gasteiger partial charge in [-0.3, -0.25) is 10.1 Å². The molecule has 0 spiro atoms. The standard InChI is InChI=1S/C17H26N2O4/c1-16(2,3)23-15(21)19-12-9-7-8-11(10-12)17(4,5)13(18)14(20)22-6/h7-10,13H,18H2,1-6H3,(H,19,21). The minimum absolute atomic E-state index is 0.486. The Balaban J connectivity index is 2.96. The van der Waals surface area contributed by atoms with Crippen molar-refractivity contribution in [2.75, 3.05) is 12.4 Å². The molecule has 1 aromatic carbocycles. The van der Waals surface area contributed by atoms with Crippen molar-refractivity contribution < 1.29 is 19.1 Å². The number of hydrogen-bond acceptors (Lipinski definition) is 5. The third kappa shape index (κ3) is 5.25. The number of carbonyl (C=O) groups excluding carboxylic acids is 2. The molecule has 0 aliphatic carbocycles. The topological polar surface area (TPSA) is 90.6 Å². The summed E-state index contributed by atoms with van der Waals surface area (Å²) in [5, 5.41) is 2.67. The molecule has 1 amide bonds. The molecule has 0 aliphatic heterocycles. The summed E-state index contributed by atoms with van der Waals surface area (Å²) in [7, 11) is 1.30. The van der Waals surface area contributed by atoms with Crippen LogP contribution in [0.25, 0.3) is 0 Å². The summed E-state index contributed by atoms with van der Waals surface area (Å²) < 4.78 is 9.94. The average Bonchev–Trinajstić information content (AvgIpc) is 2.43. The summed E-state index contributed by atoms with van der Waals surface area (Å²) in [4.78, 5) is 23.6. The number of benzene rings is 1. The van der Waals surface area contributed by atoms with Crippen molar-refractivity contribution in [1.82, 2.24) is 0 Å². The van der Waals surface area contributed by atoms with Crippen molar-refractivity contribution in [3.63, 3.8) is 0 Å². The summed E-state index contributed by atoms with van der Waals surface area (Å²) in [5.41, 5.74) is 6.14. The minimum atomic E-state index is -0.815. The van der Waals surface area contributed by atoms with Crippen LogP contribution in [0.5, 0.6) is 0 Å². The van der Waals surface area contributed by atoms with Crippen molar-refractivity contribution in [2.45, 2.75) is 51.7 Å². The number of anilines is 1. The number of nitrogens with two attached hydrogens (primary N) is 1. The molecule has 6 nitrogen and oxygen atoms in total. The highest BCUT2D eigenvalue weighted by atomic mass is 16.6. The van der Waals surface area contributed by atoms with Gasteiger partial charge in [0.2, 0.25) is 0 Å². The van der Waals surface area contributed by atoms with Crippen molar-refractivity contribution in [3.8, 4) is 0 Å². The third-order valence-electron chi connectivity index (χ3n) is 3.48. The molecule has 0 radical (unpaired) electrons. The summed E-state index contributed by atoms with van der Waals surface area (Å²) >= 11 is 0. The molecular formula is C17H26N2O4. The second-order valence-electron chi connectivity index (χ2n) is 6.93. The molecule has 1 atom stereocenters. The Morgan fingerprint density at radius 3 is 2.30 bits per heavy atom. The van der Waals surface area contributed by atoms with Crippen LogP contribution in [0.1, 0.15) is 40.2 Å². The lowest BCUT2D eigenvalue weighted by Crippen LogP contribution is -2.47. The number of esters is 1. The number of methoxy groups -OCH3 is 1. The molecule has 23 heavy (non-hydrogen) atoms. The van der Waals surface area contributed by atoms with Gasteiger partial charge in [0.15, 0.2) is 0 Å². The van der Waals surface area contributed by atoms with E-state index in [1.54, 1.807) is 39.0 Å². The van der Waals surface area contributed by atoms with Crippen LogP contribution >= 0.6 is 0 Å². The van der Waals surface area contributed by atoms with Gasteiger partial charge in [0.25, 0.3) is 0 Å². The second-order valence-corrected chi connectivity index (χ2v) is 6.93. The van der Waals surface area contributed by atoms with Crippen LogP contribution in [0.15, 0.2) is 24.3 Å². The molecule has 1 unspecified atom stereocenters. The molecule has 1 aromatic rings. The molecule has 128 valence electrons. The summed E-state index contributed by atoms with van der Waals surface area (Å²) in [6, 6.07) is 6.33. The molecule has 0 fully saturated rings. The maximum atomic E-state index is 11.8. The van der Waals surface area contributed by atoms with Crippen LogP contribution in [0.2, 0.25) is 0 Å². The Kier molecular flexibility index (Phi) is 5.77. The highest BCUT2D eigenvalue weighted by Gasteiger charge is 2.34. The highest BCUT2D eigenvalue weighted by Crippen LogP contribution is 2.29. The van der Waals surface area contributed by atoms with Crippen LogP contribution in [0.4, 0.5) is 10.5 Å². The number of amides is 1. The fourth-order valence-corrected chi connectivity index (χ4v) is 2.02. The lowest BCUT2D eigenvalue weighted by molar-refractivity contribution is -0.143. The Bertz CT molecular complexity index is 576. The number of ether oxygens (including phenoxy) is 2. The zero-order chi connectivity index (χ0) is 17.8. The molecule has 0 saturated carbocycles. The summed E-state index contributed by atoms with van der Waals surface area (Å²) in [6.07, 6.45) is -0.537. The van der Waals surface area contributed by atoms with E-state index in [1.165, 1.54) is 7.11 Å². The van der Waals surface area contributed by atoms with Crippen molar-refractivity contribution in [2.24, 2.45) is 5.73 Å².